The Balaban J connectivity index is 1.71. The van der Waals surface area contributed by atoms with Crippen molar-refractivity contribution < 1.29 is 14.3 Å². The Hall–Kier alpha value is -2.04. The molecule has 1 aromatic carbocycles. The van der Waals surface area contributed by atoms with E-state index < -0.39 is 0 Å². The quantitative estimate of drug-likeness (QED) is 0.859. The molecule has 2 saturated heterocycles. The van der Waals surface area contributed by atoms with Crippen molar-refractivity contribution in [3.63, 3.8) is 0 Å². The summed E-state index contributed by atoms with van der Waals surface area (Å²) in [6.45, 7) is 2.15. The van der Waals surface area contributed by atoms with Crippen LogP contribution in [0.25, 0.3) is 0 Å². The van der Waals surface area contributed by atoms with Gasteiger partial charge >= 0.3 is 0 Å². The number of rotatable bonds is 3. The van der Waals surface area contributed by atoms with Gasteiger partial charge in [-0.05, 0) is 31.4 Å². The Morgan fingerprint density at radius 2 is 2.00 bits per heavy atom. The first-order chi connectivity index (χ1) is 10.7. The highest BCUT2D eigenvalue weighted by atomic mass is 16.5. The number of hydrogen-bond acceptors (Lipinski definition) is 3. The zero-order valence-corrected chi connectivity index (χ0v) is 13.0. The molecule has 5 heteroatoms. The van der Waals surface area contributed by atoms with E-state index in [9.17, 15) is 9.59 Å². The van der Waals surface area contributed by atoms with Crippen LogP contribution in [-0.4, -0.2) is 43.5 Å². The smallest absolute Gasteiger partial charge is 0.228 e. The van der Waals surface area contributed by atoms with Gasteiger partial charge in [0.25, 0.3) is 0 Å². The van der Waals surface area contributed by atoms with Crippen molar-refractivity contribution in [1.82, 2.24) is 4.90 Å². The summed E-state index contributed by atoms with van der Waals surface area (Å²) in [5.41, 5.74) is 0.804. The monoisotopic (exact) mass is 302 g/mol. The normalized spacial score (nSPS) is 22.0. The average Bonchev–Trinajstić information content (AvgIpc) is 2.97. The van der Waals surface area contributed by atoms with Crippen LogP contribution in [0.1, 0.15) is 25.7 Å². The number of benzene rings is 1. The van der Waals surface area contributed by atoms with Gasteiger partial charge < -0.3 is 14.5 Å². The Labute approximate surface area is 130 Å². The summed E-state index contributed by atoms with van der Waals surface area (Å²) in [5.74, 6) is 0.662. The second-order valence-electron chi connectivity index (χ2n) is 5.99. The van der Waals surface area contributed by atoms with Crippen LogP contribution >= 0.6 is 0 Å². The molecule has 0 unspecified atom stereocenters. The fourth-order valence-corrected chi connectivity index (χ4v) is 3.27. The van der Waals surface area contributed by atoms with Crippen LogP contribution in [0.15, 0.2) is 24.3 Å². The summed E-state index contributed by atoms with van der Waals surface area (Å²) in [6.07, 6.45) is 3.66. The molecule has 0 spiro atoms. The molecule has 0 aliphatic carbocycles. The van der Waals surface area contributed by atoms with E-state index in [2.05, 4.69) is 0 Å². The van der Waals surface area contributed by atoms with E-state index in [1.807, 2.05) is 29.2 Å². The molecule has 2 aliphatic heterocycles. The molecule has 22 heavy (non-hydrogen) atoms. The number of amides is 2. The summed E-state index contributed by atoms with van der Waals surface area (Å²) in [6, 6.07) is 7.43. The van der Waals surface area contributed by atoms with Gasteiger partial charge in [0, 0.05) is 37.8 Å². The number of likely N-dealkylation sites (tertiary alicyclic amines) is 1. The Morgan fingerprint density at radius 3 is 2.73 bits per heavy atom. The lowest BCUT2D eigenvalue weighted by Gasteiger charge is -2.29. The van der Waals surface area contributed by atoms with Crippen molar-refractivity contribution >= 4 is 17.5 Å². The third kappa shape index (κ3) is 2.93. The number of methoxy groups -OCH3 is 1. The highest BCUT2D eigenvalue weighted by molar-refractivity contribution is 6.00. The lowest BCUT2D eigenvalue weighted by Crippen LogP contribution is -2.40. The van der Waals surface area contributed by atoms with Crippen LogP contribution in [0.4, 0.5) is 5.69 Å². The molecule has 2 amide bonds. The summed E-state index contributed by atoms with van der Waals surface area (Å²) in [4.78, 5) is 28.5. The van der Waals surface area contributed by atoms with Gasteiger partial charge in [0.05, 0.1) is 13.0 Å². The van der Waals surface area contributed by atoms with Crippen LogP contribution in [0.5, 0.6) is 5.75 Å². The summed E-state index contributed by atoms with van der Waals surface area (Å²) < 4.78 is 5.21. The maximum atomic E-state index is 12.6. The fourth-order valence-electron chi connectivity index (χ4n) is 3.27. The highest BCUT2D eigenvalue weighted by Gasteiger charge is 2.37. The SMILES string of the molecule is COc1cccc(N2C[C@H](C(=O)N3CCCCC3)CC2=O)c1. The molecule has 1 atom stereocenters. The van der Waals surface area contributed by atoms with Crippen LogP contribution in [0.3, 0.4) is 0 Å². The Bertz CT molecular complexity index is 567. The molecule has 3 rings (SSSR count). The van der Waals surface area contributed by atoms with E-state index in [-0.39, 0.29) is 17.7 Å². The van der Waals surface area contributed by atoms with Crippen molar-refractivity contribution in [3.05, 3.63) is 24.3 Å². The molecule has 118 valence electrons. The highest BCUT2D eigenvalue weighted by Crippen LogP contribution is 2.29. The average molecular weight is 302 g/mol. The predicted octanol–water partition coefficient (Wildman–Crippen LogP) is 2.06. The molecule has 1 aromatic rings. The predicted molar refractivity (Wildman–Crippen MR) is 83.9 cm³/mol. The van der Waals surface area contributed by atoms with E-state index in [4.69, 9.17) is 4.74 Å². The van der Waals surface area contributed by atoms with Gasteiger partial charge in [-0.1, -0.05) is 6.07 Å². The zero-order valence-electron chi connectivity index (χ0n) is 13.0. The van der Waals surface area contributed by atoms with Crippen LogP contribution in [0, 0.1) is 5.92 Å². The molecule has 0 radical (unpaired) electrons. The van der Waals surface area contributed by atoms with Crippen molar-refractivity contribution in [1.29, 1.82) is 0 Å². The first-order valence-corrected chi connectivity index (χ1v) is 7.92. The molecule has 0 N–H and O–H groups in total. The lowest BCUT2D eigenvalue weighted by molar-refractivity contribution is -0.136. The van der Waals surface area contributed by atoms with E-state index in [0.29, 0.717) is 13.0 Å². The van der Waals surface area contributed by atoms with Crippen molar-refractivity contribution in [2.24, 2.45) is 5.92 Å². The van der Waals surface area contributed by atoms with Crippen LogP contribution in [0.2, 0.25) is 0 Å². The number of carbonyl (C=O) groups excluding carboxylic acids is 2. The zero-order chi connectivity index (χ0) is 15.5. The van der Waals surface area contributed by atoms with Crippen molar-refractivity contribution in [2.75, 3.05) is 31.6 Å². The number of hydrogen-bond donors (Lipinski definition) is 0. The standard InChI is InChI=1S/C17H22N2O3/c1-22-15-7-5-6-14(11-15)19-12-13(10-16(19)20)17(21)18-8-3-2-4-9-18/h5-7,11,13H,2-4,8-10,12H2,1H3/t13-/m1/s1. The molecule has 2 fully saturated rings. The molecule has 5 nitrogen and oxygen atoms in total. The molecular weight excluding hydrogens is 280 g/mol. The first kappa shape index (κ1) is 14.9. The summed E-state index contributed by atoms with van der Waals surface area (Å²) in [5, 5.41) is 0. The molecule has 0 bridgehead atoms. The number of piperidine rings is 1. The summed E-state index contributed by atoms with van der Waals surface area (Å²) >= 11 is 0. The van der Waals surface area contributed by atoms with Gasteiger partial charge in [-0.3, -0.25) is 9.59 Å². The molecule has 2 aliphatic rings. The van der Waals surface area contributed by atoms with Crippen molar-refractivity contribution in [3.8, 4) is 5.75 Å². The van der Waals surface area contributed by atoms with E-state index in [1.165, 1.54) is 6.42 Å². The minimum Gasteiger partial charge on any atom is -0.497 e. The lowest BCUT2D eigenvalue weighted by atomic mass is 10.0. The summed E-state index contributed by atoms with van der Waals surface area (Å²) in [7, 11) is 1.60. The minimum absolute atomic E-state index is 0.0172. The van der Waals surface area contributed by atoms with Gasteiger partial charge in [-0.15, -0.1) is 0 Å². The topological polar surface area (TPSA) is 49.9 Å². The largest absolute Gasteiger partial charge is 0.497 e. The second kappa shape index (κ2) is 6.38. The number of anilines is 1. The maximum absolute atomic E-state index is 12.6. The third-order valence-electron chi connectivity index (χ3n) is 4.51. The molecule has 2 heterocycles. The van der Waals surface area contributed by atoms with Gasteiger partial charge in [0.15, 0.2) is 0 Å². The van der Waals surface area contributed by atoms with Crippen LogP contribution in [-0.2, 0) is 9.59 Å². The second-order valence-corrected chi connectivity index (χ2v) is 5.99. The Morgan fingerprint density at radius 1 is 1.23 bits per heavy atom. The van der Waals surface area contributed by atoms with Gasteiger partial charge in [0.1, 0.15) is 5.75 Å². The van der Waals surface area contributed by atoms with Gasteiger partial charge in [0.2, 0.25) is 11.8 Å². The van der Waals surface area contributed by atoms with Crippen molar-refractivity contribution in [2.45, 2.75) is 25.7 Å². The maximum Gasteiger partial charge on any atom is 0.228 e. The number of nitrogens with zero attached hydrogens (tertiary/aromatic N) is 2. The van der Waals surface area contributed by atoms with Gasteiger partial charge in [-0.2, -0.15) is 0 Å². The number of ether oxygens (including phenoxy) is 1. The third-order valence-corrected chi connectivity index (χ3v) is 4.51. The Kier molecular flexibility index (Phi) is 4.32. The first-order valence-electron chi connectivity index (χ1n) is 7.92. The molecule has 0 aromatic heterocycles. The minimum atomic E-state index is -0.211. The fraction of sp³-hybridized carbons (Fsp3) is 0.529. The number of carbonyl (C=O) groups is 2. The van der Waals surface area contributed by atoms with E-state index in [0.717, 1.165) is 37.4 Å². The molecular formula is C17H22N2O3. The van der Waals surface area contributed by atoms with E-state index in [1.54, 1.807) is 12.0 Å². The molecule has 0 saturated carbocycles. The van der Waals surface area contributed by atoms with Crippen LogP contribution < -0.4 is 9.64 Å². The van der Waals surface area contributed by atoms with Gasteiger partial charge in [-0.25, -0.2) is 0 Å². The van der Waals surface area contributed by atoms with E-state index >= 15 is 0 Å².